The number of carbonyl (C=O) groups excluding carboxylic acids is 2. The van der Waals surface area contributed by atoms with Crippen molar-refractivity contribution in [1.29, 1.82) is 0 Å². The average Bonchev–Trinajstić information content (AvgIpc) is 2.74. The van der Waals surface area contributed by atoms with E-state index in [0.29, 0.717) is 34.5 Å². The highest BCUT2D eigenvalue weighted by Gasteiger charge is 2.26. The lowest BCUT2D eigenvalue weighted by Gasteiger charge is -2.33. The molecule has 2 amide bonds. The van der Waals surface area contributed by atoms with Gasteiger partial charge in [0.1, 0.15) is 0 Å². The van der Waals surface area contributed by atoms with Crippen molar-refractivity contribution in [2.45, 2.75) is 45.6 Å². The lowest BCUT2D eigenvalue weighted by molar-refractivity contribution is -0.132. The van der Waals surface area contributed by atoms with E-state index in [0.717, 1.165) is 32.4 Å². The average molecular weight is 461 g/mol. The molecule has 1 heterocycles. The first kappa shape index (κ1) is 23.6. The normalized spacial score (nSPS) is 14.7. The van der Waals surface area contributed by atoms with Crippen molar-refractivity contribution < 1.29 is 9.59 Å². The van der Waals surface area contributed by atoms with Crippen molar-refractivity contribution in [1.82, 2.24) is 9.80 Å². The topological polar surface area (TPSA) is 40.6 Å². The Balaban J connectivity index is 1.52. The molecule has 0 aliphatic carbocycles. The van der Waals surface area contributed by atoms with Gasteiger partial charge in [-0.2, -0.15) is 0 Å². The summed E-state index contributed by atoms with van der Waals surface area (Å²) in [6.07, 6.45) is 3.43. The van der Waals surface area contributed by atoms with Crippen LogP contribution in [0.3, 0.4) is 0 Å². The molecule has 2 aromatic carbocycles. The van der Waals surface area contributed by atoms with Crippen LogP contribution in [0.2, 0.25) is 10.0 Å². The van der Waals surface area contributed by atoms with Gasteiger partial charge in [-0.25, -0.2) is 0 Å². The first-order valence-electron chi connectivity index (χ1n) is 10.9. The summed E-state index contributed by atoms with van der Waals surface area (Å²) >= 11 is 12.2. The van der Waals surface area contributed by atoms with Gasteiger partial charge in [-0.05, 0) is 62.8 Å². The summed E-state index contributed by atoms with van der Waals surface area (Å²) in [6.45, 7) is 5.84. The van der Waals surface area contributed by atoms with E-state index in [4.69, 9.17) is 23.2 Å². The minimum atomic E-state index is -0.175. The van der Waals surface area contributed by atoms with Crippen molar-refractivity contribution in [2.75, 3.05) is 19.6 Å². The van der Waals surface area contributed by atoms with E-state index in [-0.39, 0.29) is 17.9 Å². The second-order valence-electron chi connectivity index (χ2n) is 8.48. The van der Waals surface area contributed by atoms with Gasteiger partial charge in [-0.3, -0.25) is 9.59 Å². The fourth-order valence-electron chi connectivity index (χ4n) is 4.12. The fraction of sp³-hybridized carbons (Fsp3) is 0.440. The number of hydrogen-bond acceptors (Lipinski definition) is 2. The second-order valence-corrected chi connectivity index (χ2v) is 9.32. The molecule has 1 saturated heterocycles. The fourth-order valence-corrected chi connectivity index (χ4v) is 4.61. The van der Waals surface area contributed by atoms with E-state index in [1.165, 1.54) is 5.56 Å². The van der Waals surface area contributed by atoms with Gasteiger partial charge in [0.25, 0.3) is 5.91 Å². The monoisotopic (exact) mass is 460 g/mol. The third-order valence-electron chi connectivity index (χ3n) is 5.95. The Bertz CT molecular complexity index is 894. The molecule has 6 heteroatoms. The van der Waals surface area contributed by atoms with E-state index in [9.17, 15) is 9.59 Å². The maximum Gasteiger partial charge on any atom is 0.255 e. The van der Waals surface area contributed by atoms with Crippen LogP contribution in [-0.4, -0.2) is 47.3 Å². The summed E-state index contributed by atoms with van der Waals surface area (Å²) in [5.41, 5.74) is 1.77. The van der Waals surface area contributed by atoms with Gasteiger partial charge in [0.05, 0.1) is 10.6 Å². The predicted octanol–water partition coefficient (Wildman–Crippen LogP) is 5.72. The Morgan fingerprint density at radius 2 is 1.74 bits per heavy atom. The summed E-state index contributed by atoms with van der Waals surface area (Å²) in [4.78, 5) is 29.5. The molecule has 1 aliphatic heterocycles. The standard InChI is InChI=1S/C25H30Cl2N2O2/c1-18(2)29(25(31)22-9-8-21(26)17-23(22)27)15-12-24(30)28-13-10-20(11-14-28)16-19-6-4-3-5-7-19/h3-9,17-18,20H,10-16H2,1-2H3. The third kappa shape index (κ3) is 6.47. The third-order valence-corrected chi connectivity index (χ3v) is 6.49. The van der Waals surface area contributed by atoms with Gasteiger partial charge in [-0.15, -0.1) is 0 Å². The van der Waals surface area contributed by atoms with Gasteiger partial charge in [-0.1, -0.05) is 53.5 Å². The van der Waals surface area contributed by atoms with Crippen LogP contribution in [0, 0.1) is 5.92 Å². The SMILES string of the molecule is CC(C)N(CCC(=O)N1CCC(Cc2ccccc2)CC1)C(=O)c1ccc(Cl)cc1Cl. The van der Waals surface area contributed by atoms with E-state index < -0.39 is 0 Å². The molecule has 166 valence electrons. The van der Waals surface area contributed by atoms with Crippen molar-refractivity contribution in [3.8, 4) is 0 Å². The van der Waals surface area contributed by atoms with Crippen LogP contribution in [0.15, 0.2) is 48.5 Å². The van der Waals surface area contributed by atoms with Crippen LogP contribution in [0.25, 0.3) is 0 Å². The van der Waals surface area contributed by atoms with Crippen molar-refractivity contribution in [3.63, 3.8) is 0 Å². The number of benzene rings is 2. The van der Waals surface area contributed by atoms with Crippen molar-refractivity contribution >= 4 is 35.0 Å². The first-order chi connectivity index (χ1) is 14.8. The molecule has 0 radical (unpaired) electrons. The number of rotatable bonds is 7. The number of piperidine rings is 1. The summed E-state index contributed by atoms with van der Waals surface area (Å²) < 4.78 is 0. The van der Waals surface area contributed by atoms with Crippen LogP contribution in [0.5, 0.6) is 0 Å². The Morgan fingerprint density at radius 3 is 2.35 bits per heavy atom. The van der Waals surface area contributed by atoms with Crippen molar-refractivity contribution in [3.05, 3.63) is 69.7 Å². The zero-order valence-electron chi connectivity index (χ0n) is 18.2. The van der Waals surface area contributed by atoms with Crippen LogP contribution in [0.4, 0.5) is 0 Å². The van der Waals surface area contributed by atoms with Crippen LogP contribution >= 0.6 is 23.2 Å². The molecule has 31 heavy (non-hydrogen) atoms. The maximum atomic E-state index is 13.0. The Morgan fingerprint density at radius 1 is 1.06 bits per heavy atom. The second kappa shape index (κ2) is 11.0. The molecule has 1 fully saturated rings. The summed E-state index contributed by atoms with van der Waals surface area (Å²) in [5.74, 6) is 0.553. The largest absolute Gasteiger partial charge is 0.343 e. The molecule has 0 N–H and O–H groups in total. The van der Waals surface area contributed by atoms with E-state index in [1.54, 1.807) is 23.1 Å². The summed E-state index contributed by atoms with van der Waals surface area (Å²) in [5, 5.41) is 0.818. The van der Waals surface area contributed by atoms with Gasteiger partial charge >= 0.3 is 0 Å². The molecule has 3 rings (SSSR count). The number of nitrogens with zero attached hydrogens (tertiary/aromatic N) is 2. The summed E-state index contributed by atoms with van der Waals surface area (Å²) in [7, 11) is 0. The molecule has 1 aliphatic rings. The molecular formula is C25H30Cl2N2O2. The smallest absolute Gasteiger partial charge is 0.255 e. The van der Waals surface area contributed by atoms with Crippen molar-refractivity contribution in [2.24, 2.45) is 5.92 Å². The molecule has 2 aromatic rings. The highest BCUT2D eigenvalue weighted by Crippen LogP contribution is 2.24. The maximum absolute atomic E-state index is 13.0. The molecule has 0 bridgehead atoms. The molecule has 4 nitrogen and oxygen atoms in total. The van der Waals surface area contributed by atoms with Gasteiger partial charge < -0.3 is 9.80 Å². The number of carbonyl (C=O) groups is 2. The quantitative estimate of drug-likeness (QED) is 0.530. The Hall–Kier alpha value is -2.04. The van der Waals surface area contributed by atoms with Gasteiger partial charge in [0.15, 0.2) is 0 Å². The van der Waals surface area contributed by atoms with Crippen LogP contribution < -0.4 is 0 Å². The minimum absolute atomic E-state index is 0.0383. The molecular weight excluding hydrogens is 431 g/mol. The molecule has 0 saturated carbocycles. The predicted molar refractivity (Wildman–Crippen MR) is 127 cm³/mol. The van der Waals surface area contributed by atoms with Crippen LogP contribution in [0.1, 0.15) is 49.0 Å². The zero-order valence-corrected chi connectivity index (χ0v) is 19.7. The molecule has 0 atom stereocenters. The summed E-state index contributed by atoms with van der Waals surface area (Å²) in [6, 6.07) is 15.4. The van der Waals surface area contributed by atoms with E-state index >= 15 is 0 Å². The zero-order chi connectivity index (χ0) is 22.4. The molecule has 0 aromatic heterocycles. The number of hydrogen-bond donors (Lipinski definition) is 0. The highest BCUT2D eigenvalue weighted by atomic mass is 35.5. The van der Waals surface area contributed by atoms with Gasteiger partial charge in [0, 0.05) is 37.1 Å². The Labute approximate surface area is 195 Å². The molecule has 0 unspecified atom stereocenters. The minimum Gasteiger partial charge on any atom is -0.343 e. The van der Waals surface area contributed by atoms with E-state index in [1.807, 2.05) is 24.8 Å². The number of halogens is 2. The van der Waals surface area contributed by atoms with Crippen LogP contribution in [-0.2, 0) is 11.2 Å². The lowest BCUT2D eigenvalue weighted by Crippen LogP contribution is -2.43. The first-order valence-corrected chi connectivity index (χ1v) is 11.7. The Kier molecular flexibility index (Phi) is 8.39. The highest BCUT2D eigenvalue weighted by molar-refractivity contribution is 6.36. The lowest BCUT2D eigenvalue weighted by atomic mass is 9.90. The van der Waals surface area contributed by atoms with Gasteiger partial charge in [0.2, 0.25) is 5.91 Å². The van der Waals surface area contributed by atoms with E-state index in [2.05, 4.69) is 24.3 Å². The number of amides is 2. The molecule has 0 spiro atoms. The number of likely N-dealkylation sites (tertiary alicyclic amines) is 1.